The number of amides is 1. The summed E-state index contributed by atoms with van der Waals surface area (Å²) in [7, 11) is -11.1. The Morgan fingerprint density at radius 3 is 2.49 bits per heavy atom. The largest absolute Gasteiger partial charge is 0.483 e. The molecule has 1 amide bonds. The fourth-order valence-corrected chi connectivity index (χ4v) is 5.92. The molecule has 0 aliphatic carbocycles. The predicted octanol–water partition coefficient (Wildman–Crippen LogP) is -4.65. The molecule has 9 N–H and O–H groups in total. The van der Waals surface area contributed by atoms with Gasteiger partial charge in [0.05, 0.1) is 13.2 Å². The molecule has 1 aromatic rings. The van der Waals surface area contributed by atoms with E-state index in [0.29, 0.717) is 0 Å². The highest BCUT2D eigenvalue weighted by molar-refractivity contribution is 7.61. The summed E-state index contributed by atoms with van der Waals surface area (Å²) in [5, 5.41) is 51.9. The summed E-state index contributed by atoms with van der Waals surface area (Å²) in [6, 6.07) is -0.766. The number of rotatable bonds is 10. The van der Waals surface area contributed by atoms with E-state index in [0.717, 1.165) is 23.8 Å². The van der Waals surface area contributed by atoms with E-state index < -0.39 is 101 Å². The maximum Gasteiger partial charge on any atom is 0.483 e. The van der Waals surface area contributed by atoms with E-state index in [1.165, 1.54) is 0 Å². The molecule has 0 spiro atoms. The monoisotopic (exact) mass is 617 g/mol. The van der Waals surface area contributed by atoms with Crippen LogP contribution in [0, 0.1) is 0 Å². The maximum atomic E-state index is 12.4. The Balaban J connectivity index is 1.66. The number of nitrogens with zero attached hydrogens (tertiary/aromatic N) is 1. The molecule has 0 saturated carbocycles. The van der Waals surface area contributed by atoms with Crippen LogP contribution in [0.1, 0.15) is 13.2 Å². The van der Waals surface area contributed by atoms with E-state index in [9.17, 15) is 58.8 Å². The van der Waals surface area contributed by atoms with Gasteiger partial charge in [0.25, 0.3) is 5.56 Å². The van der Waals surface area contributed by atoms with Crippen LogP contribution in [0.4, 0.5) is 0 Å². The maximum absolute atomic E-state index is 12.4. The van der Waals surface area contributed by atoms with Gasteiger partial charge in [-0.2, -0.15) is 4.31 Å². The summed E-state index contributed by atoms with van der Waals surface area (Å²) in [6.07, 6.45) is -13.0. The van der Waals surface area contributed by atoms with Crippen molar-refractivity contribution in [3.63, 3.8) is 0 Å². The minimum absolute atomic E-state index is 0.723. The first-order chi connectivity index (χ1) is 18.0. The molecule has 22 heteroatoms. The van der Waals surface area contributed by atoms with E-state index in [-0.39, 0.29) is 0 Å². The van der Waals surface area contributed by atoms with Crippen molar-refractivity contribution in [2.24, 2.45) is 0 Å². The molecule has 2 unspecified atom stereocenters. The second-order valence-electron chi connectivity index (χ2n) is 8.42. The van der Waals surface area contributed by atoms with Crippen molar-refractivity contribution < 1.29 is 72.1 Å². The van der Waals surface area contributed by atoms with Gasteiger partial charge in [-0.3, -0.25) is 28.2 Å². The van der Waals surface area contributed by atoms with Gasteiger partial charge in [-0.05, 0) is 0 Å². The van der Waals surface area contributed by atoms with Crippen molar-refractivity contribution in [3.05, 3.63) is 33.1 Å². The van der Waals surface area contributed by atoms with E-state index in [1.807, 2.05) is 4.98 Å². The quantitative estimate of drug-likeness (QED) is 0.111. The van der Waals surface area contributed by atoms with Crippen LogP contribution in [0.2, 0.25) is 0 Å². The zero-order chi connectivity index (χ0) is 29.3. The highest BCUT2D eigenvalue weighted by Crippen LogP contribution is 2.61. The van der Waals surface area contributed by atoms with Crippen molar-refractivity contribution in [2.45, 2.75) is 62.1 Å². The van der Waals surface area contributed by atoms with Crippen LogP contribution in [0.5, 0.6) is 0 Å². The Morgan fingerprint density at radius 2 is 1.90 bits per heavy atom. The number of carbonyl (C=O) groups is 1. The number of hydrogen-bond donors (Lipinski definition) is 9. The SMILES string of the molecule is CC(=O)N[14C@H]1[14C@@H](OP(=O)(O)OP(=O)(O)OC[C@H]2O[C@@H](n3ccc(=O)[nH]c3=O)[C@H](O)[C@@H]2O)O[C@H]([14CH2]O)[14C@@H](O)[14C@@H]1O. The van der Waals surface area contributed by atoms with Crippen molar-refractivity contribution in [1.29, 1.82) is 0 Å². The number of phosphoric acid groups is 2. The van der Waals surface area contributed by atoms with Crippen LogP contribution < -0.4 is 16.6 Å². The Morgan fingerprint density at radius 1 is 1.23 bits per heavy atom. The van der Waals surface area contributed by atoms with Crippen molar-refractivity contribution in [2.75, 3.05) is 13.2 Å². The molecule has 3 heterocycles. The molecule has 20 nitrogen and oxygen atoms in total. The van der Waals surface area contributed by atoms with Gasteiger partial charge in [0.15, 0.2) is 12.5 Å². The molecule has 11 atom stereocenters. The number of phosphoric ester groups is 2. The summed E-state index contributed by atoms with van der Waals surface area (Å²) in [4.78, 5) is 56.4. The molecule has 2 aliphatic heterocycles. The van der Waals surface area contributed by atoms with Crippen molar-refractivity contribution >= 4 is 21.6 Å². The fraction of sp³-hybridized carbons (Fsp3) is 0.706. The number of aliphatic hydroxyl groups is 5. The molecule has 0 aromatic carbocycles. The topological polar surface area (TPSA) is 306 Å². The third-order valence-corrected chi connectivity index (χ3v) is 8.16. The van der Waals surface area contributed by atoms with E-state index in [1.54, 1.807) is 0 Å². The summed E-state index contributed by atoms with van der Waals surface area (Å²) in [6.45, 7) is -0.940. The van der Waals surface area contributed by atoms with Crippen LogP contribution >= 0.6 is 15.6 Å². The van der Waals surface area contributed by atoms with Crippen LogP contribution in [0.15, 0.2) is 21.9 Å². The Kier molecular flexibility index (Phi) is 10.0. The molecule has 1 aromatic heterocycles. The van der Waals surface area contributed by atoms with Gasteiger partial charge in [-0.1, -0.05) is 0 Å². The van der Waals surface area contributed by atoms with Crippen molar-refractivity contribution in [1.82, 2.24) is 14.9 Å². The number of H-pyrrole nitrogens is 1. The third-order valence-electron chi connectivity index (χ3n) is 5.56. The number of aromatic nitrogens is 2. The summed E-state index contributed by atoms with van der Waals surface area (Å²) in [5.41, 5.74) is -1.75. The Hall–Kier alpha value is -1.87. The standard InChI is InChI=1S/C17H27N3O17P2/c1-6(22)18-10-13(26)11(24)7(4-21)35-16(10)36-39(31,32)37-38(29,30)33-5-8-12(25)14(27)15(34-8)20-3-2-9(23)19-17(20)28/h2-3,7-8,10-16,21,24-27H,4-5H2,1H3,(H,18,22)(H,29,30)(H,31,32)(H,19,23,28)/t7-,8-,10-,11-,12-,13-,14-,15-,16-/m1/s1/i4+2,10+2,11+2,13+2,16+2. The molecule has 0 bridgehead atoms. The van der Waals surface area contributed by atoms with Gasteiger partial charge in [0.1, 0.15) is 42.7 Å². The van der Waals surface area contributed by atoms with Crippen LogP contribution in [-0.2, 0) is 36.8 Å². The number of nitrogens with one attached hydrogen (secondary N) is 2. The minimum atomic E-state index is -5.63. The van der Waals surface area contributed by atoms with Gasteiger partial charge in [-0.15, -0.1) is 0 Å². The summed E-state index contributed by atoms with van der Waals surface area (Å²) in [5.74, 6) is -0.796. The van der Waals surface area contributed by atoms with Crippen LogP contribution in [0.25, 0.3) is 0 Å². The van der Waals surface area contributed by atoms with E-state index >= 15 is 0 Å². The predicted molar refractivity (Wildman–Crippen MR) is 120 cm³/mol. The normalized spacial score (nSPS) is 36.2. The smallest absolute Gasteiger partial charge is 0.394 e. The average Bonchev–Trinajstić information content (AvgIpc) is 3.10. The van der Waals surface area contributed by atoms with Crippen LogP contribution in [0.3, 0.4) is 0 Å². The van der Waals surface area contributed by atoms with Gasteiger partial charge in [-0.25, -0.2) is 13.9 Å². The first kappa shape index (κ1) is 31.7. The highest BCUT2D eigenvalue weighted by atomic mass is 31.3. The molecule has 39 heavy (non-hydrogen) atoms. The second kappa shape index (κ2) is 12.3. The molecule has 0 radical (unpaired) electrons. The molecule has 222 valence electrons. The number of aliphatic hydroxyl groups excluding tert-OH is 5. The second-order valence-corrected chi connectivity index (χ2v) is 11.4. The van der Waals surface area contributed by atoms with E-state index in [2.05, 4.69) is 18.7 Å². The molecule has 2 fully saturated rings. The lowest BCUT2D eigenvalue weighted by atomic mass is 10.1. The number of carbonyl (C=O) groups excluding carboxylic acids is 1. The first-order valence-corrected chi connectivity index (χ1v) is 14.0. The number of aromatic amines is 1. The van der Waals surface area contributed by atoms with Crippen molar-refractivity contribution in [3.8, 4) is 0 Å². The number of hydrogen-bond acceptors (Lipinski definition) is 15. The van der Waals surface area contributed by atoms with Crippen LogP contribution in [-0.4, -0.2) is 113 Å². The summed E-state index contributed by atoms with van der Waals surface area (Å²) >= 11 is 0. The molecule has 2 aliphatic rings. The zero-order valence-electron chi connectivity index (χ0n) is 19.8. The fourth-order valence-electron chi connectivity index (χ4n) is 3.76. The van der Waals surface area contributed by atoms with E-state index in [4.69, 9.17) is 9.47 Å². The third kappa shape index (κ3) is 7.66. The molecule has 3 rings (SSSR count). The number of ether oxygens (including phenoxy) is 2. The molecular formula is C17H27N3O17P2. The lowest BCUT2D eigenvalue weighted by molar-refractivity contribution is -0.247. The summed E-state index contributed by atoms with van der Waals surface area (Å²) < 4.78 is 49.2. The lowest BCUT2D eigenvalue weighted by Gasteiger charge is -2.42. The first-order valence-electron chi connectivity index (χ1n) is 11.0. The van der Waals surface area contributed by atoms with Gasteiger partial charge >= 0.3 is 21.3 Å². The van der Waals surface area contributed by atoms with Gasteiger partial charge < -0.3 is 50.1 Å². The lowest BCUT2D eigenvalue weighted by Crippen LogP contribution is -2.64. The molecule has 2 saturated heterocycles. The Bertz CT molecular complexity index is 1240. The Labute approximate surface area is 217 Å². The van der Waals surface area contributed by atoms with Gasteiger partial charge in [0, 0.05) is 19.2 Å². The highest BCUT2D eigenvalue weighted by Gasteiger charge is 2.50. The average molecular weight is 617 g/mol. The minimum Gasteiger partial charge on any atom is -0.394 e. The van der Waals surface area contributed by atoms with Gasteiger partial charge in [0.2, 0.25) is 5.91 Å². The molecular weight excluding hydrogens is 590 g/mol. The zero-order valence-corrected chi connectivity index (χ0v) is 21.6.